The second-order valence-corrected chi connectivity index (χ2v) is 6.75. The quantitative estimate of drug-likeness (QED) is 0.848. The third kappa shape index (κ3) is 4.54. The summed E-state index contributed by atoms with van der Waals surface area (Å²) in [5.74, 6) is 1.94. The predicted molar refractivity (Wildman–Crippen MR) is 105 cm³/mol. The number of nitrogens with zero attached hydrogens (tertiary/aromatic N) is 1. The molecule has 3 N–H and O–H groups in total. The van der Waals surface area contributed by atoms with Crippen molar-refractivity contribution in [1.82, 2.24) is 4.90 Å². The summed E-state index contributed by atoms with van der Waals surface area (Å²) in [5, 5.41) is 9.71. The number of halogens is 1. The Morgan fingerprint density at radius 2 is 1.96 bits per heavy atom. The van der Waals surface area contributed by atoms with E-state index in [2.05, 4.69) is 29.2 Å². The van der Waals surface area contributed by atoms with Gasteiger partial charge in [0.2, 0.25) is 0 Å². The van der Waals surface area contributed by atoms with Gasteiger partial charge in [-0.25, -0.2) is 0 Å². The molecule has 2 atom stereocenters. The highest BCUT2D eigenvalue weighted by molar-refractivity contribution is 8.93. The van der Waals surface area contributed by atoms with E-state index in [9.17, 15) is 5.11 Å². The van der Waals surface area contributed by atoms with Crippen LogP contribution in [0.15, 0.2) is 48.5 Å². The molecule has 5 heteroatoms. The van der Waals surface area contributed by atoms with Gasteiger partial charge in [0, 0.05) is 19.5 Å². The molecule has 2 heterocycles. The van der Waals surface area contributed by atoms with E-state index in [-0.39, 0.29) is 28.6 Å². The average Bonchev–Trinajstić information content (AvgIpc) is 2.97. The van der Waals surface area contributed by atoms with Crippen LogP contribution in [-0.4, -0.2) is 41.2 Å². The first-order valence-electron chi connectivity index (χ1n) is 8.54. The first-order valence-corrected chi connectivity index (χ1v) is 8.54. The molecule has 2 aromatic carbocycles. The molecular weight excluding hydrogens is 382 g/mol. The summed E-state index contributed by atoms with van der Waals surface area (Å²) in [5.41, 5.74) is 2.59. The Hall–Kier alpha value is -1.56. The lowest BCUT2D eigenvalue weighted by Crippen LogP contribution is -2.40. The van der Waals surface area contributed by atoms with Crippen LogP contribution in [0, 0.1) is 0 Å². The number of hydrogen-bond acceptors (Lipinski definition) is 3. The van der Waals surface area contributed by atoms with Crippen LogP contribution < -0.4 is 4.74 Å². The molecule has 2 aromatic rings. The number of fused-ring (bicyclic) bond motifs is 1. The average molecular weight is 408 g/mol. The molecule has 0 saturated carbocycles. The summed E-state index contributed by atoms with van der Waals surface area (Å²) in [7, 11) is 0. The number of hydrogen-bond donors (Lipinski definition) is 1. The van der Waals surface area contributed by atoms with Crippen LogP contribution >= 0.6 is 17.0 Å². The lowest BCUT2D eigenvalue weighted by Gasteiger charge is -2.34. The second kappa shape index (κ2) is 8.70. The molecule has 0 radical (unpaired) electrons. The summed E-state index contributed by atoms with van der Waals surface area (Å²) in [6.07, 6.45) is 3.70. The fourth-order valence-electron chi connectivity index (χ4n) is 3.92. The van der Waals surface area contributed by atoms with E-state index >= 15 is 0 Å². The number of rotatable bonds is 3. The van der Waals surface area contributed by atoms with Crippen LogP contribution in [-0.2, 0) is 6.42 Å². The van der Waals surface area contributed by atoms with Crippen molar-refractivity contribution in [2.24, 2.45) is 0 Å². The van der Waals surface area contributed by atoms with Crippen molar-refractivity contribution in [3.05, 3.63) is 59.7 Å². The van der Waals surface area contributed by atoms with Crippen molar-refractivity contribution in [3.8, 4) is 11.5 Å². The molecule has 0 aliphatic carbocycles. The highest BCUT2D eigenvalue weighted by Crippen LogP contribution is 2.31. The molecule has 1 fully saturated rings. The zero-order chi connectivity index (χ0) is 15.6. The number of aromatic hydroxyl groups is 1. The Labute approximate surface area is 159 Å². The van der Waals surface area contributed by atoms with Crippen LogP contribution in [0.25, 0.3) is 0 Å². The summed E-state index contributed by atoms with van der Waals surface area (Å²) >= 11 is 0. The molecule has 2 aliphatic heterocycles. The monoisotopic (exact) mass is 407 g/mol. The van der Waals surface area contributed by atoms with E-state index in [4.69, 9.17) is 4.74 Å². The largest absolute Gasteiger partial charge is 0.508 e. The zero-order valence-electron chi connectivity index (χ0n) is 14.2. The first-order chi connectivity index (χ1) is 11.3. The second-order valence-electron chi connectivity index (χ2n) is 6.75. The maximum absolute atomic E-state index is 9.71. The lowest BCUT2D eigenvalue weighted by atomic mass is 9.90. The normalized spacial score (nSPS) is 22.2. The first kappa shape index (κ1) is 19.8. The topological polar surface area (TPSA) is 64.2 Å². The van der Waals surface area contributed by atoms with Gasteiger partial charge in [0.25, 0.3) is 0 Å². The number of benzene rings is 2. The zero-order valence-corrected chi connectivity index (χ0v) is 15.9. The summed E-state index contributed by atoms with van der Waals surface area (Å²) in [4.78, 5) is 2.52. The fourth-order valence-corrected chi connectivity index (χ4v) is 3.92. The van der Waals surface area contributed by atoms with Crippen LogP contribution in [0.5, 0.6) is 11.5 Å². The standard InChI is InChI=1S/C20H23NO2.BrH.H2O/c22-18-8-3-6-15(11-18)17-7-4-10-21(13-17)14-19-12-16-5-1-2-9-20(16)23-19;;/h1-3,5-6,8-9,11,17,19,22H,4,7,10,12-14H2;1H;1H2. The van der Waals surface area contributed by atoms with Crippen molar-refractivity contribution in [2.75, 3.05) is 19.6 Å². The van der Waals surface area contributed by atoms with Gasteiger partial charge in [0.05, 0.1) is 0 Å². The molecule has 2 aliphatic rings. The number of para-hydroxylation sites is 1. The third-order valence-electron chi connectivity index (χ3n) is 5.02. The smallest absolute Gasteiger partial charge is 0.123 e. The number of phenolic OH excluding ortho intramolecular Hbond substituents is 1. The third-order valence-corrected chi connectivity index (χ3v) is 5.02. The van der Waals surface area contributed by atoms with E-state index in [0.717, 1.165) is 31.8 Å². The Kier molecular flexibility index (Phi) is 6.87. The van der Waals surface area contributed by atoms with Gasteiger partial charge in [0.15, 0.2) is 0 Å². The molecule has 25 heavy (non-hydrogen) atoms. The summed E-state index contributed by atoms with van der Waals surface area (Å²) in [6, 6.07) is 16.1. The van der Waals surface area contributed by atoms with Gasteiger partial charge in [-0.2, -0.15) is 0 Å². The van der Waals surface area contributed by atoms with Crippen LogP contribution in [0.2, 0.25) is 0 Å². The SMILES string of the molecule is Br.O.Oc1cccc(C2CCCN(CC3Cc4ccccc4O3)C2)c1. The van der Waals surface area contributed by atoms with Crippen molar-refractivity contribution < 1.29 is 15.3 Å². The van der Waals surface area contributed by atoms with Crippen molar-refractivity contribution in [1.29, 1.82) is 0 Å². The Morgan fingerprint density at radius 1 is 1.12 bits per heavy atom. The van der Waals surface area contributed by atoms with Crippen LogP contribution in [0.1, 0.15) is 29.9 Å². The van der Waals surface area contributed by atoms with Crippen LogP contribution in [0.3, 0.4) is 0 Å². The molecule has 4 rings (SSSR count). The van der Waals surface area contributed by atoms with E-state index in [1.54, 1.807) is 6.07 Å². The number of piperidine rings is 1. The van der Waals surface area contributed by atoms with E-state index in [1.807, 2.05) is 18.2 Å². The van der Waals surface area contributed by atoms with Gasteiger partial charge in [-0.15, -0.1) is 17.0 Å². The minimum Gasteiger partial charge on any atom is -0.508 e. The molecular formula is C20H26BrNO3. The number of ether oxygens (including phenoxy) is 1. The van der Waals surface area contributed by atoms with E-state index in [0.29, 0.717) is 11.7 Å². The Morgan fingerprint density at radius 3 is 2.76 bits per heavy atom. The predicted octanol–water partition coefficient (Wildman–Crippen LogP) is 3.33. The molecule has 136 valence electrons. The Bertz CT molecular complexity index is 669. The maximum atomic E-state index is 9.71. The molecule has 0 amide bonds. The van der Waals surface area contributed by atoms with Gasteiger partial charge in [-0.3, -0.25) is 4.90 Å². The van der Waals surface area contributed by atoms with Crippen molar-refractivity contribution >= 4 is 17.0 Å². The van der Waals surface area contributed by atoms with Gasteiger partial charge in [0.1, 0.15) is 17.6 Å². The van der Waals surface area contributed by atoms with Gasteiger partial charge < -0.3 is 15.3 Å². The van der Waals surface area contributed by atoms with Crippen LogP contribution in [0.4, 0.5) is 0 Å². The molecule has 4 nitrogen and oxygen atoms in total. The van der Waals surface area contributed by atoms with Crippen molar-refractivity contribution in [2.45, 2.75) is 31.3 Å². The molecule has 0 spiro atoms. The lowest BCUT2D eigenvalue weighted by molar-refractivity contribution is 0.126. The summed E-state index contributed by atoms with van der Waals surface area (Å²) in [6.45, 7) is 3.19. The highest BCUT2D eigenvalue weighted by Gasteiger charge is 2.28. The molecule has 0 aromatic heterocycles. The fraction of sp³-hybridized carbons (Fsp3) is 0.400. The van der Waals surface area contributed by atoms with E-state index in [1.165, 1.54) is 24.0 Å². The van der Waals surface area contributed by atoms with Gasteiger partial charge >= 0.3 is 0 Å². The minimum atomic E-state index is 0. The number of likely N-dealkylation sites (tertiary alicyclic amines) is 1. The molecule has 1 saturated heterocycles. The summed E-state index contributed by atoms with van der Waals surface area (Å²) < 4.78 is 6.09. The van der Waals surface area contributed by atoms with Gasteiger partial charge in [-0.05, 0) is 54.6 Å². The highest BCUT2D eigenvalue weighted by atomic mass is 79.9. The van der Waals surface area contributed by atoms with E-state index < -0.39 is 0 Å². The van der Waals surface area contributed by atoms with Crippen molar-refractivity contribution in [3.63, 3.8) is 0 Å². The number of phenols is 1. The Balaban J connectivity index is 0.00000113. The minimum absolute atomic E-state index is 0. The molecule has 0 bridgehead atoms. The van der Waals surface area contributed by atoms with Gasteiger partial charge in [-0.1, -0.05) is 30.3 Å². The molecule has 2 unspecified atom stereocenters. The maximum Gasteiger partial charge on any atom is 0.123 e.